The summed E-state index contributed by atoms with van der Waals surface area (Å²) >= 11 is 6.07. The quantitative estimate of drug-likeness (QED) is 0.445. The Morgan fingerprint density at radius 1 is 1.35 bits per heavy atom. The summed E-state index contributed by atoms with van der Waals surface area (Å²) in [5, 5.41) is 10.6. The van der Waals surface area contributed by atoms with Gasteiger partial charge in [-0.25, -0.2) is 0 Å². The Morgan fingerprint density at radius 2 is 1.95 bits per heavy atom. The molecule has 0 bridgehead atoms. The molecule has 0 fully saturated rings. The summed E-state index contributed by atoms with van der Waals surface area (Å²) < 4.78 is 37.6. The Morgan fingerprint density at radius 3 is 2.40 bits per heavy atom. The monoisotopic (exact) mass is 309 g/mol. The Hall–Kier alpha value is -1.30. The lowest BCUT2D eigenvalue weighted by Crippen LogP contribution is -2.11. The highest BCUT2D eigenvalue weighted by molar-refractivity contribution is 6.20. The highest BCUT2D eigenvalue weighted by Crippen LogP contribution is 2.34. The molecule has 0 saturated heterocycles. The van der Waals surface area contributed by atoms with E-state index in [2.05, 4.69) is 0 Å². The van der Waals surface area contributed by atoms with Crippen molar-refractivity contribution < 1.29 is 18.1 Å². The fourth-order valence-electron chi connectivity index (χ4n) is 1.92. The van der Waals surface area contributed by atoms with E-state index < -0.39 is 22.4 Å². The van der Waals surface area contributed by atoms with Gasteiger partial charge in [-0.1, -0.05) is 19.9 Å². The number of nitrogens with zero attached hydrogens (tertiary/aromatic N) is 1. The van der Waals surface area contributed by atoms with Crippen LogP contribution in [0.5, 0.6) is 0 Å². The van der Waals surface area contributed by atoms with E-state index >= 15 is 0 Å². The molecule has 0 heterocycles. The summed E-state index contributed by atoms with van der Waals surface area (Å²) in [6.07, 6.45) is -3.78. The fraction of sp³-hybridized carbons (Fsp3) is 0.538. The predicted molar refractivity (Wildman–Crippen MR) is 70.9 cm³/mol. The number of hydrogen-bond acceptors (Lipinski definition) is 2. The molecule has 1 atom stereocenters. The molecule has 0 aliphatic heterocycles. The largest absolute Gasteiger partial charge is 0.416 e. The van der Waals surface area contributed by atoms with E-state index in [1.54, 1.807) is 0 Å². The third kappa shape index (κ3) is 4.67. The van der Waals surface area contributed by atoms with Gasteiger partial charge >= 0.3 is 6.18 Å². The third-order valence-electron chi connectivity index (χ3n) is 2.78. The molecule has 1 aromatic carbocycles. The van der Waals surface area contributed by atoms with Crippen LogP contribution in [0.25, 0.3) is 0 Å². The van der Waals surface area contributed by atoms with E-state index in [9.17, 15) is 23.3 Å². The van der Waals surface area contributed by atoms with Gasteiger partial charge in [0.15, 0.2) is 0 Å². The van der Waals surface area contributed by atoms with Gasteiger partial charge in [-0.3, -0.25) is 10.1 Å². The van der Waals surface area contributed by atoms with Crippen molar-refractivity contribution in [2.24, 2.45) is 5.92 Å². The zero-order valence-corrected chi connectivity index (χ0v) is 11.8. The summed E-state index contributed by atoms with van der Waals surface area (Å²) in [4.78, 5) is 10.1. The third-order valence-corrected chi connectivity index (χ3v) is 3.11. The lowest BCUT2D eigenvalue weighted by Gasteiger charge is -2.13. The summed E-state index contributed by atoms with van der Waals surface area (Å²) in [6, 6.07) is 2.55. The maximum absolute atomic E-state index is 12.5. The fourth-order valence-corrected chi connectivity index (χ4v) is 2.44. The van der Waals surface area contributed by atoms with Crippen molar-refractivity contribution in [3.8, 4) is 0 Å². The first-order chi connectivity index (χ1) is 9.11. The average molecular weight is 310 g/mol. The molecule has 0 N–H and O–H groups in total. The second-order valence-electron chi connectivity index (χ2n) is 5.03. The smallest absolute Gasteiger partial charge is 0.258 e. The van der Waals surface area contributed by atoms with Crippen LogP contribution in [-0.4, -0.2) is 10.3 Å². The average Bonchev–Trinajstić information content (AvgIpc) is 2.26. The Bertz CT molecular complexity index is 489. The molecule has 112 valence electrons. The minimum Gasteiger partial charge on any atom is -0.258 e. The van der Waals surface area contributed by atoms with Gasteiger partial charge in [0.2, 0.25) is 0 Å². The summed E-state index contributed by atoms with van der Waals surface area (Å²) in [7, 11) is 0. The van der Waals surface area contributed by atoms with E-state index in [0.717, 1.165) is 12.1 Å². The normalized spacial score (nSPS) is 13.6. The van der Waals surface area contributed by atoms with Gasteiger partial charge in [-0.15, -0.1) is 11.6 Å². The first-order valence-corrected chi connectivity index (χ1v) is 6.53. The van der Waals surface area contributed by atoms with Crippen LogP contribution in [0.1, 0.15) is 31.4 Å². The molecule has 0 aliphatic carbocycles. The second kappa shape index (κ2) is 6.43. The molecule has 3 nitrogen and oxygen atoms in total. The molecule has 0 spiro atoms. The lowest BCUT2D eigenvalue weighted by molar-refractivity contribution is -0.385. The number of hydrogen-bond donors (Lipinski definition) is 0. The molecule has 1 unspecified atom stereocenters. The second-order valence-corrected chi connectivity index (χ2v) is 5.65. The molecule has 1 rings (SSSR count). The first-order valence-electron chi connectivity index (χ1n) is 6.09. The van der Waals surface area contributed by atoms with E-state index in [1.165, 1.54) is 0 Å². The number of nitro groups is 1. The van der Waals surface area contributed by atoms with Gasteiger partial charge in [-0.05, 0) is 24.8 Å². The molecule has 0 aromatic heterocycles. The van der Waals surface area contributed by atoms with Crippen LogP contribution < -0.4 is 0 Å². The number of halogens is 4. The van der Waals surface area contributed by atoms with Crippen molar-refractivity contribution >= 4 is 17.3 Å². The Labute approximate surface area is 119 Å². The minimum atomic E-state index is -4.60. The SMILES string of the molecule is CC(C)CC(Cl)Cc1ccc(C(F)(F)F)cc1[N+](=O)[O-]. The first kappa shape index (κ1) is 16.8. The van der Waals surface area contributed by atoms with E-state index in [1.807, 2.05) is 13.8 Å². The predicted octanol–water partition coefficient (Wildman–Crippen LogP) is 4.81. The van der Waals surface area contributed by atoms with Gasteiger partial charge in [0, 0.05) is 17.0 Å². The molecular formula is C13H15ClF3NO2. The van der Waals surface area contributed by atoms with Gasteiger partial charge in [-0.2, -0.15) is 13.2 Å². The van der Waals surface area contributed by atoms with Crippen molar-refractivity contribution in [3.63, 3.8) is 0 Å². The van der Waals surface area contributed by atoms with Gasteiger partial charge < -0.3 is 0 Å². The highest BCUT2D eigenvalue weighted by Gasteiger charge is 2.33. The minimum absolute atomic E-state index is 0.175. The van der Waals surface area contributed by atoms with Crippen LogP contribution >= 0.6 is 11.6 Å². The van der Waals surface area contributed by atoms with Crippen LogP contribution in [0, 0.1) is 16.0 Å². The molecule has 0 amide bonds. The Kier molecular flexibility index (Phi) is 5.39. The maximum atomic E-state index is 12.5. The van der Waals surface area contributed by atoms with E-state index in [0.29, 0.717) is 18.4 Å². The molecular weight excluding hydrogens is 295 g/mol. The number of nitro benzene ring substituents is 1. The summed E-state index contributed by atoms with van der Waals surface area (Å²) in [5.41, 5.74) is -1.33. The van der Waals surface area contributed by atoms with Crippen LogP contribution in [0.4, 0.5) is 18.9 Å². The number of rotatable bonds is 5. The van der Waals surface area contributed by atoms with Crippen LogP contribution in [0.15, 0.2) is 18.2 Å². The van der Waals surface area contributed by atoms with Crippen molar-refractivity contribution in [1.82, 2.24) is 0 Å². The number of benzene rings is 1. The standard InChI is InChI=1S/C13H15ClF3NO2/c1-8(2)5-11(14)6-9-3-4-10(13(15,16)17)7-12(9)18(19)20/h3-4,7-8,11H,5-6H2,1-2H3. The summed E-state index contributed by atoms with van der Waals surface area (Å²) in [5.74, 6) is 0.311. The zero-order chi connectivity index (χ0) is 15.5. The van der Waals surface area contributed by atoms with Crippen LogP contribution in [-0.2, 0) is 12.6 Å². The van der Waals surface area contributed by atoms with E-state index in [-0.39, 0.29) is 17.4 Å². The van der Waals surface area contributed by atoms with Crippen molar-refractivity contribution in [1.29, 1.82) is 0 Å². The number of alkyl halides is 4. The highest BCUT2D eigenvalue weighted by atomic mass is 35.5. The molecule has 1 aromatic rings. The van der Waals surface area contributed by atoms with Crippen molar-refractivity contribution in [2.75, 3.05) is 0 Å². The molecule has 0 saturated carbocycles. The lowest BCUT2D eigenvalue weighted by atomic mass is 9.99. The maximum Gasteiger partial charge on any atom is 0.416 e. The van der Waals surface area contributed by atoms with Gasteiger partial charge in [0.25, 0.3) is 5.69 Å². The van der Waals surface area contributed by atoms with Crippen LogP contribution in [0.3, 0.4) is 0 Å². The van der Waals surface area contributed by atoms with Crippen LogP contribution in [0.2, 0.25) is 0 Å². The van der Waals surface area contributed by atoms with Crippen molar-refractivity contribution in [3.05, 3.63) is 39.4 Å². The zero-order valence-electron chi connectivity index (χ0n) is 11.1. The Balaban J connectivity index is 3.05. The topological polar surface area (TPSA) is 43.1 Å². The summed E-state index contributed by atoms with van der Waals surface area (Å²) in [6.45, 7) is 3.91. The van der Waals surface area contributed by atoms with Gasteiger partial charge in [0.05, 0.1) is 10.5 Å². The van der Waals surface area contributed by atoms with Gasteiger partial charge in [0.1, 0.15) is 0 Å². The molecule has 0 radical (unpaired) electrons. The van der Waals surface area contributed by atoms with E-state index in [4.69, 9.17) is 11.6 Å². The molecule has 7 heteroatoms. The van der Waals surface area contributed by atoms with Crippen molar-refractivity contribution in [2.45, 2.75) is 38.2 Å². The molecule has 20 heavy (non-hydrogen) atoms. The molecule has 0 aliphatic rings.